The zero-order valence-electron chi connectivity index (χ0n) is 36.5. The summed E-state index contributed by atoms with van der Waals surface area (Å²) >= 11 is 0. The number of nitrogens with one attached hydrogen (secondary N) is 1. The molecule has 9 aromatic carbocycles. The number of rotatable bonds is 7. The Morgan fingerprint density at radius 2 is 1.14 bits per heavy atom. The maximum absolute atomic E-state index is 6.65. The van der Waals surface area contributed by atoms with Crippen LogP contribution in [0.3, 0.4) is 0 Å². The largest absolute Gasteiger partial charge is 0.456 e. The van der Waals surface area contributed by atoms with Gasteiger partial charge in [-0.2, -0.15) is 0 Å². The normalized spacial score (nSPS) is 14.7. The van der Waals surface area contributed by atoms with Crippen molar-refractivity contribution in [3.05, 3.63) is 240 Å². The lowest BCUT2D eigenvalue weighted by atomic mass is 9.82. The van der Waals surface area contributed by atoms with Gasteiger partial charge in [-0.1, -0.05) is 166 Å². The second-order valence-corrected chi connectivity index (χ2v) is 17.9. The summed E-state index contributed by atoms with van der Waals surface area (Å²) in [6.45, 7) is 4.69. The van der Waals surface area contributed by atoms with Crippen LogP contribution >= 0.6 is 0 Å². The number of aliphatic imine (C=N–C) groups is 1. The Kier molecular flexibility index (Phi) is 8.56. The average Bonchev–Trinajstić information content (AvgIpc) is 4.02. The van der Waals surface area contributed by atoms with Crippen LogP contribution in [0.2, 0.25) is 0 Å². The molecule has 1 N–H and O–H groups in total. The van der Waals surface area contributed by atoms with Crippen molar-refractivity contribution in [3.63, 3.8) is 0 Å². The Hall–Kier alpha value is -8.41. The summed E-state index contributed by atoms with van der Waals surface area (Å²) in [5, 5.41) is 7.14. The van der Waals surface area contributed by atoms with Gasteiger partial charge in [-0.15, -0.1) is 0 Å². The molecular weight excluding hydrogens is 807 g/mol. The van der Waals surface area contributed by atoms with Crippen molar-refractivity contribution in [1.82, 2.24) is 5.32 Å². The first-order chi connectivity index (χ1) is 32.5. The summed E-state index contributed by atoms with van der Waals surface area (Å²) in [6.07, 6.45) is 0. The van der Waals surface area contributed by atoms with E-state index in [1.165, 1.54) is 27.8 Å². The molecular formula is C61H43N3O2. The number of para-hydroxylation sites is 4. The van der Waals surface area contributed by atoms with Gasteiger partial charge < -0.3 is 19.1 Å². The first-order valence-corrected chi connectivity index (χ1v) is 22.6. The molecule has 5 nitrogen and oxygen atoms in total. The molecule has 314 valence electrons. The molecule has 2 aliphatic rings. The smallest absolute Gasteiger partial charge is 0.157 e. The number of furan rings is 2. The Bertz CT molecular complexity index is 3710. The maximum atomic E-state index is 6.65. The van der Waals surface area contributed by atoms with Gasteiger partial charge in [0.05, 0.1) is 5.69 Å². The van der Waals surface area contributed by atoms with E-state index < -0.39 is 0 Å². The Morgan fingerprint density at radius 1 is 0.485 bits per heavy atom. The van der Waals surface area contributed by atoms with Crippen molar-refractivity contribution < 1.29 is 8.83 Å². The summed E-state index contributed by atoms with van der Waals surface area (Å²) in [7, 11) is 0. The summed E-state index contributed by atoms with van der Waals surface area (Å²) < 4.78 is 13.1. The van der Waals surface area contributed by atoms with Crippen LogP contribution < -0.4 is 10.2 Å². The number of anilines is 3. The van der Waals surface area contributed by atoms with Gasteiger partial charge in [-0.25, -0.2) is 4.99 Å². The molecule has 3 heterocycles. The van der Waals surface area contributed by atoms with Crippen LogP contribution in [0.5, 0.6) is 0 Å². The van der Waals surface area contributed by atoms with E-state index in [9.17, 15) is 0 Å². The zero-order valence-corrected chi connectivity index (χ0v) is 36.5. The monoisotopic (exact) mass is 849 g/mol. The molecule has 0 saturated heterocycles. The lowest BCUT2D eigenvalue weighted by molar-refractivity contribution is 0.504. The summed E-state index contributed by atoms with van der Waals surface area (Å²) in [6, 6.07) is 75.2. The first-order valence-electron chi connectivity index (χ1n) is 22.6. The number of hydrogen-bond donors (Lipinski definition) is 1. The standard InChI is InChI=1S/C61H43N3O2/c1-61(2)50-35-32-42(60-62-56(59-57(63-60)48-23-10-12-29-54(48)66-59)41-19-13-18-40(36-41)38-16-5-3-6-17-38)37-49(50)55-51(61)26-15-27-52(55)64(43-20-7-4-8-21-43)44-33-30-39(31-34-44)45-24-14-25-47-46-22-9-11-28-53(46)65-58(45)47/h3-37,56H,1-2H3,(H,62,63). The van der Waals surface area contributed by atoms with E-state index in [1.807, 2.05) is 24.3 Å². The van der Waals surface area contributed by atoms with E-state index in [1.54, 1.807) is 0 Å². The topological polar surface area (TPSA) is 53.9 Å². The van der Waals surface area contributed by atoms with Crippen molar-refractivity contribution in [2.24, 2.45) is 4.99 Å². The third-order valence-electron chi connectivity index (χ3n) is 13.7. The zero-order chi connectivity index (χ0) is 43.9. The number of hydrogen-bond acceptors (Lipinski definition) is 5. The Labute approximate surface area is 382 Å². The van der Waals surface area contributed by atoms with Crippen molar-refractivity contribution in [3.8, 4) is 33.4 Å². The van der Waals surface area contributed by atoms with Crippen molar-refractivity contribution in [2.45, 2.75) is 25.3 Å². The van der Waals surface area contributed by atoms with Crippen LogP contribution in [0, 0.1) is 0 Å². The van der Waals surface area contributed by atoms with E-state index in [4.69, 9.17) is 13.8 Å². The quantitative estimate of drug-likeness (QED) is 0.174. The highest BCUT2D eigenvalue weighted by Gasteiger charge is 2.39. The molecule has 1 atom stereocenters. The third kappa shape index (κ3) is 5.97. The van der Waals surface area contributed by atoms with Gasteiger partial charge in [0.15, 0.2) is 5.76 Å². The number of nitrogens with zero attached hydrogens (tertiary/aromatic N) is 2. The molecule has 1 aliphatic carbocycles. The van der Waals surface area contributed by atoms with Crippen LogP contribution in [0.15, 0.2) is 226 Å². The Morgan fingerprint density at radius 3 is 1.95 bits per heavy atom. The second kappa shape index (κ2) is 14.8. The van der Waals surface area contributed by atoms with Gasteiger partial charge in [0.1, 0.15) is 34.3 Å². The predicted molar refractivity (Wildman–Crippen MR) is 271 cm³/mol. The third-order valence-corrected chi connectivity index (χ3v) is 13.7. The van der Waals surface area contributed by atoms with Gasteiger partial charge in [0, 0.05) is 49.6 Å². The summed E-state index contributed by atoms with van der Waals surface area (Å²) in [5.41, 5.74) is 18.1. The maximum Gasteiger partial charge on any atom is 0.157 e. The van der Waals surface area contributed by atoms with Crippen molar-refractivity contribution in [1.29, 1.82) is 0 Å². The summed E-state index contributed by atoms with van der Waals surface area (Å²) in [4.78, 5) is 7.79. The summed E-state index contributed by atoms with van der Waals surface area (Å²) in [5.74, 6) is 1.63. The highest BCUT2D eigenvalue weighted by Crippen LogP contribution is 2.55. The SMILES string of the molecule is CC1(C)c2ccc(C3=Nc4c(oc5ccccc45)C(c4cccc(-c5ccccc5)c4)N3)cc2-c2c(N(c3ccccc3)c3ccc(-c4cccc5c4oc4ccccc45)cc3)cccc21. The minimum absolute atomic E-state index is 0.243. The van der Waals surface area contributed by atoms with E-state index in [2.05, 4.69) is 212 Å². The van der Waals surface area contributed by atoms with Gasteiger partial charge in [0.2, 0.25) is 0 Å². The molecule has 1 unspecified atom stereocenters. The molecule has 0 spiro atoms. The molecule has 0 radical (unpaired) electrons. The molecule has 5 heteroatoms. The second-order valence-electron chi connectivity index (χ2n) is 17.9. The average molecular weight is 850 g/mol. The van der Waals surface area contributed by atoms with Crippen LogP contribution in [0.1, 0.15) is 47.9 Å². The van der Waals surface area contributed by atoms with Crippen molar-refractivity contribution >= 4 is 61.5 Å². The highest BCUT2D eigenvalue weighted by atomic mass is 16.3. The van der Waals surface area contributed by atoms with E-state index >= 15 is 0 Å². The molecule has 1 aliphatic heterocycles. The Balaban J connectivity index is 0.937. The fraction of sp³-hybridized carbons (Fsp3) is 0.0656. The van der Waals surface area contributed by atoms with Crippen LogP contribution in [0.4, 0.5) is 22.7 Å². The van der Waals surface area contributed by atoms with E-state index in [0.717, 1.165) is 95.1 Å². The minimum atomic E-state index is -0.258. The van der Waals surface area contributed by atoms with Gasteiger partial charge >= 0.3 is 0 Å². The lowest BCUT2D eigenvalue weighted by Gasteiger charge is -2.29. The fourth-order valence-corrected chi connectivity index (χ4v) is 10.5. The van der Waals surface area contributed by atoms with Crippen LogP contribution in [-0.2, 0) is 5.41 Å². The predicted octanol–water partition coefficient (Wildman–Crippen LogP) is 16.2. The number of amidine groups is 1. The molecule has 11 aromatic rings. The molecule has 13 rings (SSSR count). The van der Waals surface area contributed by atoms with Crippen molar-refractivity contribution in [2.75, 3.05) is 4.90 Å². The van der Waals surface area contributed by atoms with Gasteiger partial charge in [-0.3, -0.25) is 0 Å². The van der Waals surface area contributed by atoms with Crippen LogP contribution in [-0.4, -0.2) is 5.84 Å². The number of fused-ring (bicyclic) bond motifs is 9. The number of benzene rings is 9. The van der Waals surface area contributed by atoms with Gasteiger partial charge in [-0.05, 0) is 99.6 Å². The minimum Gasteiger partial charge on any atom is -0.456 e. The first kappa shape index (κ1) is 38.1. The van der Waals surface area contributed by atoms with E-state index in [-0.39, 0.29) is 11.5 Å². The molecule has 2 aromatic heterocycles. The molecule has 0 fully saturated rings. The lowest BCUT2D eigenvalue weighted by Crippen LogP contribution is -2.32. The molecule has 66 heavy (non-hydrogen) atoms. The highest BCUT2D eigenvalue weighted by molar-refractivity contribution is 6.10. The van der Waals surface area contributed by atoms with Crippen LogP contribution in [0.25, 0.3) is 66.3 Å². The molecule has 0 bridgehead atoms. The van der Waals surface area contributed by atoms with E-state index in [0.29, 0.717) is 0 Å². The molecule has 0 saturated carbocycles. The fourth-order valence-electron chi connectivity index (χ4n) is 10.5. The molecule has 0 amide bonds. The van der Waals surface area contributed by atoms with Gasteiger partial charge in [0.25, 0.3) is 0 Å².